The van der Waals surface area contributed by atoms with Crippen LogP contribution < -0.4 is 14.5 Å². The summed E-state index contributed by atoms with van der Waals surface area (Å²) in [7, 11) is 0. The third-order valence-electron chi connectivity index (χ3n) is 13.3. The molecule has 1 aliphatic carbocycles. The number of benzene rings is 10. The normalized spacial score (nSPS) is 12.8. The van der Waals surface area contributed by atoms with E-state index in [2.05, 4.69) is 254 Å². The van der Waals surface area contributed by atoms with E-state index in [-0.39, 0.29) is 5.41 Å². The average Bonchev–Trinajstić information content (AvgIpc) is 3.59. The van der Waals surface area contributed by atoms with Gasteiger partial charge in [0.25, 0.3) is 0 Å². The molecule has 0 fully saturated rings. The van der Waals surface area contributed by atoms with E-state index in [1.807, 2.05) is 0 Å². The van der Waals surface area contributed by atoms with Gasteiger partial charge < -0.3 is 14.5 Å². The second-order valence-corrected chi connectivity index (χ2v) is 17.3. The average molecular weight is 821 g/mol. The first-order valence-corrected chi connectivity index (χ1v) is 22.1. The highest BCUT2D eigenvalue weighted by Crippen LogP contribution is 2.56. The number of fused-ring (bicyclic) bond motifs is 5. The van der Waals surface area contributed by atoms with Gasteiger partial charge in [-0.15, -0.1) is 0 Å². The number of nitrogens with zero attached hydrogens (tertiary/aromatic N) is 2. The third kappa shape index (κ3) is 6.12. The summed E-state index contributed by atoms with van der Waals surface area (Å²) in [6.45, 7) is 4.68. The lowest BCUT2D eigenvalue weighted by molar-refractivity contribution is 0.488. The summed E-state index contributed by atoms with van der Waals surface area (Å²) in [5.74, 6) is 1.68. The maximum Gasteiger partial charge on any atom is 0.159 e. The molecule has 10 aromatic rings. The third-order valence-corrected chi connectivity index (χ3v) is 13.3. The van der Waals surface area contributed by atoms with Crippen LogP contribution in [0.3, 0.4) is 0 Å². The fraction of sp³-hybridized carbons (Fsp3) is 0.0492. The van der Waals surface area contributed by atoms with E-state index in [1.165, 1.54) is 44.5 Å². The molecular formula is C61H44N2O. The molecule has 0 amide bonds. The van der Waals surface area contributed by atoms with Gasteiger partial charge in [-0.2, -0.15) is 0 Å². The van der Waals surface area contributed by atoms with Gasteiger partial charge in [0.05, 0.1) is 11.4 Å². The van der Waals surface area contributed by atoms with Crippen LogP contribution in [-0.4, -0.2) is 0 Å². The van der Waals surface area contributed by atoms with Gasteiger partial charge in [0, 0.05) is 44.5 Å². The molecule has 0 bridgehead atoms. The second kappa shape index (κ2) is 15.0. The lowest BCUT2D eigenvalue weighted by Gasteiger charge is -2.32. The van der Waals surface area contributed by atoms with Gasteiger partial charge in [-0.1, -0.05) is 178 Å². The molecule has 0 spiro atoms. The van der Waals surface area contributed by atoms with Crippen LogP contribution in [0.4, 0.5) is 34.1 Å². The van der Waals surface area contributed by atoms with Crippen LogP contribution in [0, 0.1) is 0 Å². The highest BCUT2D eigenvalue weighted by molar-refractivity contribution is 6.11. The van der Waals surface area contributed by atoms with Crippen LogP contribution >= 0.6 is 0 Å². The van der Waals surface area contributed by atoms with E-state index in [4.69, 9.17) is 4.74 Å². The Morgan fingerprint density at radius 3 is 1.52 bits per heavy atom. The van der Waals surface area contributed by atoms with E-state index in [9.17, 15) is 0 Å². The number of rotatable bonds is 8. The van der Waals surface area contributed by atoms with E-state index < -0.39 is 0 Å². The Bertz CT molecular complexity index is 3280. The second-order valence-electron chi connectivity index (χ2n) is 17.3. The molecule has 0 aromatic heterocycles. The molecule has 0 atom stereocenters. The molecule has 0 N–H and O–H groups in total. The van der Waals surface area contributed by atoms with Crippen molar-refractivity contribution in [3.05, 3.63) is 242 Å². The van der Waals surface area contributed by atoms with Crippen molar-refractivity contribution in [2.75, 3.05) is 9.80 Å². The summed E-state index contributed by atoms with van der Waals surface area (Å²) in [4.78, 5) is 4.74. The summed E-state index contributed by atoms with van der Waals surface area (Å²) in [6.07, 6.45) is 0. The zero-order valence-corrected chi connectivity index (χ0v) is 35.7. The van der Waals surface area contributed by atoms with Gasteiger partial charge in [0.2, 0.25) is 0 Å². The molecule has 2 aliphatic rings. The predicted octanol–water partition coefficient (Wildman–Crippen LogP) is 17.2. The van der Waals surface area contributed by atoms with Crippen molar-refractivity contribution in [3.63, 3.8) is 0 Å². The van der Waals surface area contributed by atoms with E-state index in [1.54, 1.807) is 0 Å². The largest absolute Gasteiger partial charge is 0.454 e. The van der Waals surface area contributed by atoms with Gasteiger partial charge in [0.15, 0.2) is 5.75 Å². The van der Waals surface area contributed by atoms with Crippen LogP contribution in [0.15, 0.2) is 231 Å². The lowest BCUT2D eigenvalue weighted by Crippen LogP contribution is -2.17. The maximum absolute atomic E-state index is 7.20. The van der Waals surface area contributed by atoms with Crippen molar-refractivity contribution in [1.82, 2.24) is 0 Å². The molecule has 304 valence electrons. The topological polar surface area (TPSA) is 15.7 Å². The molecule has 64 heavy (non-hydrogen) atoms. The van der Waals surface area contributed by atoms with Crippen LogP contribution in [0.25, 0.3) is 55.3 Å². The van der Waals surface area contributed by atoms with Gasteiger partial charge >= 0.3 is 0 Å². The van der Waals surface area contributed by atoms with Crippen molar-refractivity contribution < 1.29 is 4.74 Å². The Labute approximate surface area is 374 Å². The van der Waals surface area contributed by atoms with Crippen LogP contribution in [-0.2, 0) is 5.41 Å². The number of hydrogen-bond acceptors (Lipinski definition) is 3. The van der Waals surface area contributed by atoms with Gasteiger partial charge in [-0.25, -0.2) is 0 Å². The minimum absolute atomic E-state index is 0.134. The summed E-state index contributed by atoms with van der Waals surface area (Å²) in [5.41, 5.74) is 18.5. The number of anilines is 6. The first-order valence-electron chi connectivity index (χ1n) is 22.1. The minimum atomic E-state index is -0.134. The molecule has 1 heterocycles. The predicted molar refractivity (Wildman–Crippen MR) is 267 cm³/mol. The molecule has 1 aliphatic heterocycles. The first-order chi connectivity index (χ1) is 31.5. The molecule has 12 rings (SSSR count). The van der Waals surface area contributed by atoms with Crippen molar-refractivity contribution in [3.8, 4) is 56.0 Å². The molecule has 10 aromatic carbocycles. The van der Waals surface area contributed by atoms with E-state index >= 15 is 0 Å². The standard InChI is InChI=1S/C61H44N2O/c1-61(2)54-26-13-12-22-49(54)50-37-36-48(40-55(50)61)63(45-20-10-5-11-21-45)57-27-15-24-52-51-23-14-25-53-56(38-39-58(59(51)53)64-60(52)57)62(46-32-28-43(29-33-46)41-16-6-3-7-17-41)47-34-30-44(31-35-47)42-18-8-4-9-19-42/h3-40H,1-2H3. The van der Waals surface area contributed by atoms with Crippen molar-refractivity contribution >= 4 is 44.9 Å². The van der Waals surface area contributed by atoms with Crippen molar-refractivity contribution in [2.45, 2.75) is 19.3 Å². The summed E-state index contributed by atoms with van der Waals surface area (Å²) >= 11 is 0. The SMILES string of the molecule is CC1(C)c2ccccc2-c2ccc(N(c3ccccc3)c3cccc4c3Oc3ccc(N(c5ccc(-c6ccccc6)cc5)c5ccc(-c6ccccc6)cc5)c5cccc-4c35)cc21. The maximum atomic E-state index is 7.20. The van der Waals surface area contributed by atoms with E-state index in [0.717, 1.165) is 67.5 Å². The molecule has 0 unspecified atom stereocenters. The number of ether oxygens (including phenoxy) is 1. The van der Waals surface area contributed by atoms with Crippen LogP contribution in [0.5, 0.6) is 11.5 Å². The zero-order chi connectivity index (χ0) is 42.8. The summed E-state index contributed by atoms with van der Waals surface area (Å²) < 4.78 is 7.20. The van der Waals surface area contributed by atoms with Crippen molar-refractivity contribution in [2.24, 2.45) is 0 Å². The fourth-order valence-electron chi connectivity index (χ4n) is 10.1. The van der Waals surface area contributed by atoms with Crippen molar-refractivity contribution in [1.29, 1.82) is 0 Å². The Morgan fingerprint density at radius 2 is 0.844 bits per heavy atom. The van der Waals surface area contributed by atoms with E-state index in [0.29, 0.717) is 0 Å². The Balaban J connectivity index is 0.998. The van der Waals surface area contributed by atoms with Gasteiger partial charge in [-0.05, 0) is 117 Å². The molecule has 3 heteroatoms. The quantitative estimate of drug-likeness (QED) is 0.152. The highest BCUT2D eigenvalue weighted by atomic mass is 16.5. The number of para-hydroxylation sites is 2. The molecule has 0 saturated carbocycles. The van der Waals surface area contributed by atoms with Crippen LogP contribution in [0.2, 0.25) is 0 Å². The van der Waals surface area contributed by atoms with Crippen LogP contribution in [0.1, 0.15) is 25.0 Å². The minimum Gasteiger partial charge on any atom is -0.454 e. The molecule has 0 saturated heterocycles. The smallest absolute Gasteiger partial charge is 0.159 e. The summed E-state index contributed by atoms with van der Waals surface area (Å²) in [5, 5.41) is 2.21. The molecule has 3 nitrogen and oxygen atoms in total. The molecule has 0 radical (unpaired) electrons. The highest BCUT2D eigenvalue weighted by Gasteiger charge is 2.36. The monoisotopic (exact) mass is 820 g/mol. The zero-order valence-electron chi connectivity index (χ0n) is 35.7. The molecular weight excluding hydrogens is 777 g/mol. The lowest BCUT2D eigenvalue weighted by atomic mass is 9.82. The van der Waals surface area contributed by atoms with Gasteiger partial charge in [0.1, 0.15) is 5.75 Å². The first kappa shape index (κ1) is 37.6. The fourth-order valence-corrected chi connectivity index (χ4v) is 10.1. The van der Waals surface area contributed by atoms with Gasteiger partial charge in [-0.3, -0.25) is 0 Å². The Hall–Kier alpha value is -8.14. The summed E-state index contributed by atoms with van der Waals surface area (Å²) in [6, 6.07) is 83.0. The Kier molecular flexibility index (Phi) is 8.84. The number of hydrogen-bond donors (Lipinski definition) is 0. The Morgan fingerprint density at radius 1 is 0.344 bits per heavy atom.